The van der Waals surface area contributed by atoms with E-state index < -0.39 is 0 Å². The van der Waals surface area contributed by atoms with E-state index in [0.29, 0.717) is 0 Å². The summed E-state index contributed by atoms with van der Waals surface area (Å²) in [6, 6.07) is 20.1. The molecule has 0 aromatic heterocycles. The molecule has 0 N–H and O–H groups in total. The molecule has 87 valence electrons. The number of rotatable bonds is 3. The van der Waals surface area contributed by atoms with Crippen molar-refractivity contribution >= 4 is 8.80 Å². The smallest absolute Gasteiger partial charge is 0.214 e. The molecule has 1 radical (unpaired) electrons. The van der Waals surface area contributed by atoms with E-state index in [1.54, 1.807) is 0 Å². The van der Waals surface area contributed by atoms with Crippen LogP contribution in [0.15, 0.2) is 54.6 Å². The predicted octanol–water partition coefficient (Wildman–Crippen LogP) is 4.11. The van der Waals surface area contributed by atoms with E-state index in [2.05, 4.69) is 37.4 Å². The largest absolute Gasteiger partial charge is 2.00 e. The summed E-state index contributed by atoms with van der Waals surface area (Å²) < 4.78 is 0. The van der Waals surface area contributed by atoms with Crippen molar-refractivity contribution in [3.8, 4) is 0 Å². The summed E-state index contributed by atoms with van der Waals surface area (Å²) in [4.78, 5) is 0. The molecule has 2 heteroatoms. The van der Waals surface area contributed by atoms with Crippen LogP contribution in [0.1, 0.15) is 5.56 Å². The summed E-state index contributed by atoms with van der Waals surface area (Å²) in [5.41, 5.74) is 1.51. The minimum Gasteiger partial charge on any atom is -0.214 e. The maximum absolute atomic E-state index is 2.37. The van der Waals surface area contributed by atoms with E-state index in [-0.39, 0.29) is 25.9 Å². The maximum atomic E-state index is 2.37. The van der Waals surface area contributed by atoms with Crippen LogP contribution in [0.3, 0.4) is 0 Å². The first-order valence-electron chi connectivity index (χ1n) is 5.45. The standard InChI is InChI=1S/C9H14Si.C5H5.Fe/c1-10(2)8-7-9-5-3-4-6-9;1-2-4-5-3-1;/h3-6H,7-8H2,1-2H3;1-5H;/q2*-1;+2. The Morgan fingerprint density at radius 3 is 2.12 bits per heavy atom. The fraction of sp³-hybridized carbons (Fsp3) is 0.286. The second kappa shape index (κ2) is 9.65. The van der Waals surface area contributed by atoms with Crippen LogP contribution in [0.4, 0.5) is 0 Å². The fourth-order valence-corrected chi connectivity index (χ4v) is 2.08. The molecule has 2 aromatic carbocycles. The molecule has 0 heterocycles. The van der Waals surface area contributed by atoms with Gasteiger partial charge in [0, 0.05) is 8.80 Å². The van der Waals surface area contributed by atoms with Crippen molar-refractivity contribution in [2.45, 2.75) is 25.6 Å². The van der Waals surface area contributed by atoms with Crippen LogP contribution < -0.4 is 0 Å². The van der Waals surface area contributed by atoms with Crippen LogP contribution >= 0.6 is 0 Å². The van der Waals surface area contributed by atoms with Gasteiger partial charge in [0.25, 0.3) is 0 Å². The second-order valence-corrected chi connectivity index (χ2v) is 6.88. The summed E-state index contributed by atoms with van der Waals surface area (Å²) in [6.07, 6.45) is 1.29. The molecule has 0 saturated heterocycles. The van der Waals surface area contributed by atoms with Crippen LogP contribution in [0.2, 0.25) is 19.1 Å². The van der Waals surface area contributed by atoms with Gasteiger partial charge in [-0.1, -0.05) is 25.6 Å². The summed E-state index contributed by atoms with van der Waals surface area (Å²) in [7, 11) is -0.0103. The van der Waals surface area contributed by atoms with Crippen molar-refractivity contribution in [2.24, 2.45) is 0 Å². The minimum absolute atomic E-state index is 0. The first kappa shape index (κ1) is 15.4. The Morgan fingerprint density at radius 2 is 1.75 bits per heavy atom. The van der Waals surface area contributed by atoms with Gasteiger partial charge in [-0.25, -0.2) is 24.3 Å². The van der Waals surface area contributed by atoms with Crippen LogP contribution in [-0.2, 0) is 23.5 Å². The molecule has 0 unspecified atom stereocenters. The average Bonchev–Trinajstić information content (AvgIpc) is 2.91. The Balaban J connectivity index is 0.000000318. The van der Waals surface area contributed by atoms with Crippen molar-refractivity contribution in [3.63, 3.8) is 0 Å². The van der Waals surface area contributed by atoms with Crippen molar-refractivity contribution in [3.05, 3.63) is 60.2 Å². The third kappa shape index (κ3) is 7.69. The topological polar surface area (TPSA) is 0 Å². The Morgan fingerprint density at radius 1 is 1.06 bits per heavy atom. The van der Waals surface area contributed by atoms with Gasteiger partial charge in [-0.2, -0.15) is 35.9 Å². The van der Waals surface area contributed by atoms with Gasteiger partial charge in [0.05, 0.1) is 0 Å². The van der Waals surface area contributed by atoms with Gasteiger partial charge < -0.3 is 0 Å². The molecule has 0 aliphatic heterocycles. The Hall–Kier alpha value is -0.564. The van der Waals surface area contributed by atoms with Crippen molar-refractivity contribution in [1.82, 2.24) is 0 Å². The van der Waals surface area contributed by atoms with Crippen LogP contribution in [-0.4, -0.2) is 8.80 Å². The van der Waals surface area contributed by atoms with Crippen molar-refractivity contribution < 1.29 is 17.1 Å². The molecule has 0 nitrogen and oxygen atoms in total. The second-order valence-electron chi connectivity index (χ2n) is 3.96. The van der Waals surface area contributed by atoms with Gasteiger partial charge >= 0.3 is 17.1 Å². The molecule has 0 atom stereocenters. The van der Waals surface area contributed by atoms with Crippen molar-refractivity contribution in [1.29, 1.82) is 0 Å². The van der Waals surface area contributed by atoms with E-state index in [4.69, 9.17) is 0 Å². The molecular formula is C14H19FeSi. The number of aryl methyl sites for hydroxylation is 1. The van der Waals surface area contributed by atoms with Gasteiger partial charge in [0.2, 0.25) is 0 Å². The van der Waals surface area contributed by atoms with E-state index in [0.717, 1.165) is 0 Å². The van der Waals surface area contributed by atoms with E-state index in [1.165, 1.54) is 18.0 Å². The minimum atomic E-state index is -0.0103. The summed E-state index contributed by atoms with van der Waals surface area (Å²) in [5.74, 6) is 0. The molecule has 0 amide bonds. The summed E-state index contributed by atoms with van der Waals surface area (Å²) >= 11 is 0. The van der Waals surface area contributed by atoms with Gasteiger partial charge in [-0.15, -0.1) is 0 Å². The van der Waals surface area contributed by atoms with E-state index in [1.807, 2.05) is 30.3 Å². The zero-order chi connectivity index (χ0) is 10.9. The van der Waals surface area contributed by atoms with Gasteiger partial charge in [0.15, 0.2) is 0 Å². The first-order valence-corrected chi connectivity index (χ1v) is 8.16. The zero-order valence-corrected chi connectivity index (χ0v) is 12.1. The molecule has 0 fully saturated rings. The molecule has 2 rings (SSSR count). The normalized spacial score (nSPS) is 9.19. The van der Waals surface area contributed by atoms with Crippen LogP contribution in [0.25, 0.3) is 0 Å². The number of hydrogen-bond acceptors (Lipinski definition) is 0. The van der Waals surface area contributed by atoms with Crippen molar-refractivity contribution in [2.75, 3.05) is 0 Å². The van der Waals surface area contributed by atoms with E-state index >= 15 is 0 Å². The molecule has 2 aromatic rings. The zero-order valence-electron chi connectivity index (χ0n) is 9.96. The molecule has 0 bridgehead atoms. The predicted molar refractivity (Wildman–Crippen MR) is 70.1 cm³/mol. The van der Waals surface area contributed by atoms with Gasteiger partial charge in [-0.05, 0) is 0 Å². The Labute approximate surface area is 112 Å². The molecule has 0 aliphatic carbocycles. The monoisotopic (exact) mass is 271 g/mol. The number of hydrogen-bond donors (Lipinski definition) is 0. The Bertz CT molecular complexity index is 291. The summed E-state index contributed by atoms with van der Waals surface area (Å²) in [5, 5.41) is 0. The van der Waals surface area contributed by atoms with Crippen LogP contribution in [0, 0.1) is 0 Å². The molecule has 0 saturated carbocycles. The third-order valence-electron chi connectivity index (χ3n) is 2.20. The quantitative estimate of drug-likeness (QED) is 0.582. The van der Waals surface area contributed by atoms with Crippen LogP contribution in [0.5, 0.6) is 0 Å². The van der Waals surface area contributed by atoms with Gasteiger partial charge in [0.1, 0.15) is 0 Å². The first-order chi connectivity index (χ1) is 7.29. The van der Waals surface area contributed by atoms with E-state index in [9.17, 15) is 0 Å². The molecule has 0 aliphatic rings. The average molecular weight is 271 g/mol. The SMILES string of the molecule is C[Si](C)CCc1ccc[cH-]1.[Fe+2].c1cc[cH-]c1. The molecule has 16 heavy (non-hydrogen) atoms. The third-order valence-corrected chi connectivity index (χ3v) is 3.45. The molecular weight excluding hydrogens is 252 g/mol. The summed E-state index contributed by atoms with van der Waals surface area (Å²) in [6.45, 7) is 4.74. The Kier molecular flexibility index (Phi) is 9.31. The molecule has 0 spiro atoms. The fourth-order valence-electron chi connectivity index (χ4n) is 1.30. The maximum Gasteiger partial charge on any atom is 2.00 e. The van der Waals surface area contributed by atoms with Gasteiger partial charge in [-0.3, -0.25) is 0 Å².